The zero-order valence-electron chi connectivity index (χ0n) is 16.0. The molecule has 156 valence electrons. The molecule has 0 spiro atoms. The molecular weight excluding hydrogens is 459 g/mol. The summed E-state index contributed by atoms with van der Waals surface area (Å²) in [6, 6.07) is 0. The van der Waals surface area contributed by atoms with Crippen LogP contribution in [0.1, 0.15) is 37.6 Å². The highest BCUT2D eigenvalue weighted by atomic mass is 32.1. The highest BCUT2D eigenvalue weighted by Gasteiger charge is 2.11. The quantitative estimate of drug-likeness (QED) is 0.130. The van der Waals surface area contributed by atoms with E-state index in [4.69, 9.17) is 4.84 Å². The van der Waals surface area contributed by atoms with Gasteiger partial charge in [0.05, 0.1) is 20.5 Å². The van der Waals surface area contributed by atoms with Crippen molar-refractivity contribution >= 4 is 71.6 Å². The van der Waals surface area contributed by atoms with Gasteiger partial charge in [-0.15, -0.1) is 45.3 Å². The minimum absolute atomic E-state index is 0.554. The lowest BCUT2D eigenvalue weighted by molar-refractivity contribution is 0.140. The first kappa shape index (κ1) is 20.8. The van der Waals surface area contributed by atoms with Crippen molar-refractivity contribution < 1.29 is 4.84 Å². The summed E-state index contributed by atoms with van der Waals surface area (Å²) in [5, 5.41) is 23.4. The molecule has 12 heteroatoms. The smallest absolute Gasteiger partial charge is 0.124 e. The molecule has 0 aliphatic heterocycles. The number of aromatic nitrogens is 4. The van der Waals surface area contributed by atoms with Gasteiger partial charge in [0.15, 0.2) is 0 Å². The van der Waals surface area contributed by atoms with Gasteiger partial charge in [-0.05, 0) is 29.6 Å². The van der Waals surface area contributed by atoms with Crippen molar-refractivity contribution in [1.29, 1.82) is 0 Å². The Morgan fingerprint density at radius 3 is 1.97 bits per heavy atom. The third kappa shape index (κ3) is 5.59. The maximum Gasteiger partial charge on any atom is 0.124 e. The van der Waals surface area contributed by atoms with E-state index in [0.29, 0.717) is 44.2 Å². The number of oxime groups is 1. The fourth-order valence-electron chi connectivity index (χ4n) is 2.31. The molecule has 4 rings (SSSR count). The van der Waals surface area contributed by atoms with Crippen molar-refractivity contribution in [2.75, 3.05) is 6.61 Å². The summed E-state index contributed by atoms with van der Waals surface area (Å²) in [5.41, 5.74) is 1.90. The molecule has 0 saturated heterocycles. The van der Waals surface area contributed by atoms with E-state index in [-0.39, 0.29) is 0 Å². The first-order chi connectivity index (χ1) is 14.8. The zero-order valence-corrected chi connectivity index (χ0v) is 19.2. The maximum atomic E-state index is 5.57. The molecule has 0 fully saturated rings. The summed E-state index contributed by atoms with van der Waals surface area (Å²) in [6.45, 7) is 2.71. The van der Waals surface area contributed by atoms with Crippen LogP contribution in [0.5, 0.6) is 0 Å². The van der Waals surface area contributed by atoms with Crippen molar-refractivity contribution in [3.8, 4) is 0 Å². The monoisotopic (exact) mass is 475 g/mol. The third-order valence-corrected chi connectivity index (χ3v) is 6.49. The molecule has 0 saturated carbocycles. The zero-order chi connectivity index (χ0) is 20.6. The molecular formula is C18H17N7OS4-2. The number of hydrogen-bond donors (Lipinski definition) is 0. The molecule has 0 unspecified atom stereocenters. The normalized spacial score (nSPS) is 10.7. The van der Waals surface area contributed by atoms with E-state index in [2.05, 4.69) is 42.6 Å². The second-order valence-corrected chi connectivity index (χ2v) is 9.28. The largest absolute Gasteiger partial charge is 0.395 e. The molecule has 0 amide bonds. The lowest BCUT2D eigenvalue weighted by atomic mass is 10.2. The Morgan fingerprint density at radius 1 is 0.867 bits per heavy atom. The highest BCUT2D eigenvalue weighted by Crippen LogP contribution is 2.36. The van der Waals surface area contributed by atoms with Crippen LogP contribution in [0.4, 0.5) is 20.5 Å². The van der Waals surface area contributed by atoms with Gasteiger partial charge in [-0.1, -0.05) is 24.9 Å². The molecule has 30 heavy (non-hydrogen) atoms. The van der Waals surface area contributed by atoms with Gasteiger partial charge >= 0.3 is 0 Å². The van der Waals surface area contributed by atoms with Gasteiger partial charge < -0.3 is 35.4 Å². The van der Waals surface area contributed by atoms with Crippen LogP contribution in [-0.4, -0.2) is 32.3 Å². The van der Waals surface area contributed by atoms with Gasteiger partial charge in [-0.25, -0.2) is 0 Å². The van der Waals surface area contributed by atoms with E-state index < -0.39 is 0 Å². The third-order valence-electron chi connectivity index (χ3n) is 3.69. The average molecular weight is 476 g/mol. The molecule has 4 aromatic rings. The Hall–Kier alpha value is -2.41. The number of thiazole rings is 4. The summed E-state index contributed by atoms with van der Waals surface area (Å²) >= 11 is 5.78. The van der Waals surface area contributed by atoms with Gasteiger partial charge in [-0.2, -0.15) is 0 Å². The Balaban J connectivity index is 1.53. The predicted molar refractivity (Wildman–Crippen MR) is 125 cm³/mol. The van der Waals surface area contributed by atoms with Gasteiger partial charge in [0.1, 0.15) is 12.3 Å². The van der Waals surface area contributed by atoms with Crippen LogP contribution in [-0.2, 0) is 4.84 Å². The second-order valence-electron chi connectivity index (χ2n) is 5.86. The lowest BCUT2D eigenvalue weighted by Gasteiger charge is -2.08. The van der Waals surface area contributed by atoms with Gasteiger partial charge in [-0.3, -0.25) is 0 Å². The van der Waals surface area contributed by atoms with E-state index in [1.165, 1.54) is 45.3 Å². The summed E-state index contributed by atoms with van der Waals surface area (Å²) in [4.78, 5) is 23.1. The summed E-state index contributed by atoms with van der Waals surface area (Å²) in [5.74, 6) is 0. The van der Waals surface area contributed by atoms with E-state index >= 15 is 0 Å². The predicted octanol–water partition coefficient (Wildman–Crippen LogP) is 7.15. The Morgan fingerprint density at radius 2 is 1.47 bits per heavy atom. The average Bonchev–Trinajstić information content (AvgIpc) is 3.54. The molecule has 0 aromatic carbocycles. The Kier molecular flexibility index (Phi) is 7.34. The molecule has 0 N–H and O–H groups in total. The molecule has 4 heterocycles. The second kappa shape index (κ2) is 10.6. The van der Waals surface area contributed by atoms with Crippen molar-refractivity contribution in [2.45, 2.75) is 26.2 Å². The van der Waals surface area contributed by atoms with Crippen LogP contribution in [0.25, 0.3) is 10.6 Å². The SMILES string of the molecule is CCCCCON=C(c1csc([N-]c2nccs2)n1)c1csc([N-]c2nccs2)n1. The Labute approximate surface area is 189 Å². The van der Waals surface area contributed by atoms with Crippen molar-refractivity contribution in [3.63, 3.8) is 0 Å². The van der Waals surface area contributed by atoms with Crippen molar-refractivity contribution in [2.24, 2.45) is 5.16 Å². The fraction of sp³-hybridized carbons (Fsp3) is 0.278. The molecule has 8 nitrogen and oxygen atoms in total. The van der Waals surface area contributed by atoms with Crippen LogP contribution < -0.4 is 0 Å². The van der Waals surface area contributed by atoms with Crippen LogP contribution in [0.3, 0.4) is 0 Å². The van der Waals surface area contributed by atoms with Crippen molar-refractivity contribution in [1.82, 2.24) is 19.9 Å². The molecule has 0 aliphatic rings. The molecule has 0 radical (unpaired) electrons. The van der Waals surface area contributed by atoms with Gasteiger partial charge in [0.2, 0.25) is 0 Å². The van der Waals surface area contributed by atoms with E-state index in [1.54, 1.807) is 12.4 Å². The van der Waals surface area contributed by atoms with Crippen LogP contribution in [0.15, 0.2) is 39.1 Å². The van der Waals surface area contributed by atoms with E-state index in [0.717, 1.165) is 19.3 Å². The minimum Gasteiger partial charge on any atom is -0.395 e. The molecule has 0 aliphatic carbocycles. The number of nitrogens with zero attached hydrogens (tertiary/aromatic N) is 7. The molecule has 0 atom stereocenters. The summed E-state index contributed by atoms with van der Waals surface area (Å²) in [6.07, 6.45) is 6.62. The number of hydrogen-bond acceptors (Lipinski definition) is 10. The number of rotatable bonds is 11. The lowest BCUT2D eigenvalue weighted by Crippen LogP contribution is -2.06. The van der Waals surface area contributed by atoms with Gasteiger partial charge in [0.25, 0.3) is 0 Å². The maximum absolute atomic E-state index is 5.57. The van der Waals surface area contributed by atoms with Crippen molar-refractivity contribution in [3.05, 3.63) is 55.9 Å². The van der Waals surface area contributed by atoms with E-state index in [9.17, 15) is 0 Å². The number of unbranched alkanes of at least 4 members (excludes halogenated alkanes) is 2. The highest BCUT2D eigenvalue weighted by molar-refractivity contribution is 7.17. The van der Waals surface area contributed by atoms with Crippen LogP contribution in [0.2, 0.25) is 0 Å². The first-order valence-corrected chi connectivity index (χ1v) is 12.7. The van der Waals surface area contributed by atoms with Crippen LogP contribution in [0, 0.1) is 0 Å². The van der Waals surface area contributed by atoms with E-state index in [1.807, 2.05) is 21.5 Å². The summed E-state index contributed by atoms with van der Waals surface area (Å²) < 4.78 is 0. The van der Waals surface area contributed by atoms with Gasteiger partial charge in [0, 0.05) is 22.1 Å². The topological polar surface area (TPSA) is 101 Å². The van der Waals surface area contributed by atoms with Crippen LogP contribution >= 0.6 is 45.3 Å². The Bertz CT molecular complexity index is 980. The molecule has 0 bridgehead atoms. The standard InChI is InChI=1S/C18H17N7OS4/c1-2-3-4-7-26-25-14(12-10-29-17(21-12)23-15-19-5-8-27-15)13-11-30-18(22-13)24-16-20-6-9-28-16/h5-6,8-11H,2-4,7H2,1H3/q-2. The minimum atomic E-state index is 0.554. The summed E-state index contributed by atoms with van der Waals surface area (Å²) in [7, 11) is 0. The first-order valence-electron chi connectivity index (χ1n) is 9.16. The molecule has 4 aromatic heterocycles. The fourth-order valence-corrected chi connectivity index (χ4v) is 4.77.